The molecular weight excluding hydrogens is 289 g/mol. The van der Waals surface area contributed by atoms with E-state index in [0.29, 0.717) is 12.1 Å². The van der Waals surface area contributed by atoms with Crippen LogP contribution in [0.1, 0.15) is 12.1 Å². The first-order valence-electron chi connectivity index (χ1n) is 5.92. The summed E-state index contributed by atoms with van der Waals surface area (Å²) in [6.45, 7) is -2.28. The number of nitrogens with one attached hydrogen (secondary N) is 1. The van der Waals surface area contributed by atoms with Gasteiger partial charge in [0.2, 0.25) is 0 Å². The number of ether oxygens (including phenoxy) is 1. The summed E-state index contributed by atoms with van der Waals surface area (Å²) in [4.78, 5) is 15.3. The minimum Gasteiger partial charge on any atom is -0.395 e. The third kappa shape index (κ3) is 7.91. The summed E-state index contributed by atoms with van der Waals surface area (Å²) in [5, 5.41) is 10.9. The van der Waals surface area contributed by atoms with Gasteiger partial charge in [0.25, 0.3) is 5.91 Å². The smallest absolute Gasteiger partial charge is 0.395 e. The van der Waals surface area contributed by atoms with Gasteiger partial charge in [-0.25, -0.2) is 4.98 Å². The summed E-state index contributed by atoms with van der Waals surface area (Å²) in [6, 6.07) is 4.65. The van der Waals surface area contributed by atoms with E-state index in [9.17, 15) is 18.0 Å². The van der Waals surface area contributed by atoms with E-state index in [0.717, 1.165) is 0 Å². The molecule has 0 saturated carbocycles. The second kappa shape index (κ2) is 8.24. The molecule has 8 heteroatoms. The average molecular weight is 302 g/mol. The molecule has 0 spiro atoms. The second-order valence-corrected chi connectivity index (χ2v) is 3.84. The monoisotopic (exact) mass is 302 g/mol. The molecular formula is C13H13F3N2O3. The van der Waals surface area contributed by atoms with E-state index in [4.69, 9.17) is 5.11 Å². The molecule has 0 unspecified atom stereocenters. The summed E-state index contributed by atoms with van der Waals surface area (Å²) in [5.41, 5.74) is 0.373. The highest BCUT2D eigenvalue weighted by Gasteiger charge is 2.27. The van der Waals surface area contributed by atoms with Crippen LogP contribution in [0.25, 0.3) is 0 Å². The van der Waals surface area contributed by atoms with E-state index in [2.05, 4.69) is 26.9 Å². The maximum Gasteiger partial charge on any atom is 0.411 e. The van der Waals surface area contributed by atoms with Crippen LogP contribution < -0.4 is 5.32 Å². The van der Waals surface area contributed by atoms with E-state index in [1.54, 1.807) is 12.1 Å². The number of hydrogen-bond acceptors (Lipinski definition) is 4. The number of amides is 1. The molecule has 1 rings (SSSR count). The molecule has 0 aliphatic carbocycles. The molecule has 1 aromatic heterocycles. The fourth-order valence-corrected chi connectivity index (χ4v) is 1.22. The van der Waals surface area contributed by atoms with Gasteiger partial charge in [-0.1, -0.05) is 12.0 Å². The van der Waals surface area contributed by atoms with Crippen LogP contribution in [0.4, 0.5) is 19.0 Å². The maximum atomic E-state index is 11.8. The summed E-state index contributed by atoms with van der Waals surface area (Å²) in [5.74, 6) is 4.74. The van der Waals surface area contributed by atoms with Crippen molar-refractivity contribution in [2.45, 2.75) is 12.6 Å². The lowest BCUT2D eigenvalue weighted by molar-refractivity contribution is -0.174. The van der Waals surface area contributed by atoms with Gasteiger partial charge in [-0.3, -0.25) is 4.79 Å². The Morgan fingerprint density at radius 3 is 2.86 bits per heavy atom. The van der Waals surface area contributed by atoms with Crippen LogP contribution in [0.5, 0.6) is 0 Å². The highest BCUT2D eigenvalue weighted by atomic mass is 19.4. The van der Waals surface area contributed by atoms with E-state index in [-0.39, 0.29) is 12.4 Å². The highest BCUT2D eigenvalue weighted by Crippen LogP contribution is 2.14. The third-order valence-corrected chi connectivity index (χ3v) is 1.97. The molecule has 0 aliphatic heterocycles. The molecule has 0 aromatic carbocycles. The Hall–Kier alpha value is -2.11. The van der Waals surface area contributed by atoms with Crippen LogP contribution >= 0.6 is 0 Å². The van der Waals surface area contributed by atoms with Crippen LogP contribution in [0, 0.1) is 11.8 Å². The Bertz CT molecular complexity index is 535. The van der Waals surface area contributed by atoms with Crippen molar-refractivity contribution in [3.05, 3.63) is 23.9 Å². The SMILES string of the molecule is O=C(COCC(F)(F)F)Nc1cccc(C#CCCO)n1. The molecule has 0 aliphatic rings. The summed E-state index contributed by atoms with van der Waals surface area (Å²) >= 11 is 0. The Morgan fingerprint density at radius 2 is 2.19 bits per heavy atom. The van der Waals surface area contributed by atoms with Crippen molar-refractivity contribution < 1.29 is 27.8 Å². The number of alkyl halides is 3. The number of halogens is 3. The highest BCUT2D eigenvalue weighted by molar-refractivity contribution is 5.90. The zero-order valence-corrected chi connectivity index (χ0v) is 10.9. The molecule has 114 valence electrons. The molecule has 0 atom stereocenters. The zero-order valence-electron chi connectivity index (χ0n) is 10.9. The normalized spacial score (nSPS) is 10.7. The van der Waals surface area contributed by atoms with Gasteiger partial charge in [0.05, 0.1) is 6.61 Å². The number of carbonyl (C=O) groups excluding carboxylic acids is 1. The summed E-state index contributed by atoms with van der Waals surface area (Å²) in [7, 11) is 0. The largest absolute Gasteiger partial charge is 0.411 e. The van der Waals surface area contributed by atoms with Gasteiger partial charge in [0.1, 0.15) is 24.7 Å². The lowest BCUT2D eigenvalue weighted by Crippen LogP contribution is -2.24. The number of aliphatic hydroxyl groups is 1. The Labute approximate surface area is 119 Å². The number of rotatable bonds is 5. The van der Waals surface area contributed by atoms with Gasteiger partial charge in [-0.05, 0) is 18.1 Å². The van der Waals surface area contributed by atoms with Crippen molar-refractivity contribution in [1.29, 1.82) is 0 Å². The Balaban J connectivity index is 2.49. The molecule has 0 fully saturated rings. The predicted molar refractivity (Wildman–Crippen MR) is 68.3 cm³/mol. The fraction of sp³-hybridized carbons (Fsp3) is 0.385. The summed E-state index contributed by atoms with van der Waals surface area (Å²) in [6.07, 6.45) is -4.18. The third-order valence-electron chi connectivity index (χ3n) is 1.97. The van der Waals surface area contributed by atoms with Crippen molar-refractivity contribution in [2.24, 2.45) is 0 Å². The number of pyridine rings is 1. The van der Waals surface area contributed by atoms with Crippen LogP contribution in [0.15, 0.2) is 18.2 Å². The van der Waals surface area contributed by atoms with E-state index >= 15 is 0 Å². The molecule has 1 aromatic rings. The fourth-order valence-electron chi connectivity index (χ4n) is 1.22. The zero-order chi connectivity index (χ0) is 15.7. The van der Waals surface area contributed by atoms with Crippen molar-refractivity contribution in [1.82, 2.24) is 4.98 Å². The molecule has 0 saturated heterocycles. The molecule has 0 bridgehead atoms. The number of carbonyl (C=O) groups is 1. The second-order valence-electron chi connectivity index (χ2n) is 3.84. The quantitative estimate of drug-likeness (QED) is 0.805. The van der Waals surface area contributed by atoms with Gasteiger partial charge >= 0.3 is 6.18 Å². The van der Waals surface area contributed by atoms with Crippen LogP contribution in [-0.4, -0.2) is 42.0 Å². The standard InChI is InChI=1S/C13H13F3N2O3/c14-13(15,16)9-21-8-12(20)18-11-6-3-5-10(17-11)4-1-2-7-19/h3,5-6,19H,2,7-9H2,(H,17,18,20). The number of aliphatic hydroxyl groups excluding tert-OH is 1. The van der Waals surface area contributed by atoms with Crippen LogP contribution in [-0.2, 0) is 9.53 Å². The number of hydrogen-bond donors (Lipinski definition) is 2. The Morgan fingerprint density at radius 1 is 1.43 bits per heavy atom. The van der Waals surface area contributed by atoms with Gasteiger partial charge in [0, 0.05) is 6.42 Å². The van der Waals surface area contributed by atoms with E-state index in [1.807, 2.05) is 0 Å². The number of aromatic nitrogens is 1. The first-order valence-corrected chi connectivity index (χ1v) is 5.92. The number of nitrogens with zero attached hydrogens (tertiary/aromatic N) is 1. The maximum absolute atomic E-state index is 11.8. The van der Waals surface area contributed by atoms with Gasteiger partial charge < -0.3 is 15.2 Å². The first kappa shape index (κ1) is 16.9. The van der Waals surface area contributed by atoms with E-state index < -0.39 is 25.3 Å². The number of anilines is 1. The predicted octanol–water partition coefficient (Wildman–Crippen LogP) is 1.33. The van der Waals surface area contributed by atoms with Crippen molar-refractivity contribution >= 4 is 11.7 Å². The van der Waals surface area contributed by atoms with Crippen LogP contribution in [0.3, 0.4) is 0 Å². The molecule has 0 radical (unpaired) electrons. The lowest BCUT2D eigenvalue weighted by Gasteiger charge is -2.08. The lowest BCUT2D eigenvalue weighted by atomic mass is 10.3. The molecule has 21 heavy (non-hydrogen) atoms. The van der Waals surface area contributed by atoms with Crippen molar-refractivity contribution in [2.75, 3.05) is 25.1 Å². The van der Waals surface area contributed by atoms with Gasteiger partial charge in [0.15, 0.2) is 0 Å². The topological polar surface area (TPSA) is 71.5 Å². The van der Waals surface area contributed by atoms with Crippen molar-refractivity contribution in [3.63, 3.8) is 0 Å². The van der Waals surface area contributed by atoms with Crippen molar-refractivity contribution in [3.8, 4) is 11.8 Å². The molecule has 1 amide bonds. The Kier molecular flexibility index (Phi) is 6.65. The average Bonchev–Trinajstić information content (AvgIpc) is 2.38. The minimum atomic E-state index is -4.47. The molecule has 2 N–H and O–H groups in total. The molecule has 5 nitrogen and oxygen atoms in total. The van der Waals surface area contributed by atoms with Gasteiger partial charge in [-0.15, -0.1) is 0 Å². The first-order chi connectivity index (χ1) is 9.90. The van der Waals surface area contributed by atoms with E-state index in [1.165, 1.54) is 6.07 Å². The van der Waals surface area contributed by atoms with Gasteiger partial charge in [-0.2, -0.15) is 13.2 Å². The summed E-state index contributed by atoms with van der Waals surface area (Å²) < 4.78 is 39.7. The minimum absolute atomic E-state index is 0.0695. The molecule has 1 heterocycles. The van der Waals surface area contributed by atoms with Crippen LogP contribution in [0.2, 0.25) is 0 Å².